The average Bonchev–Trinajstić information content (AvgIpc) is 3.33. The molecule has 67 heavy (non-hydrogen) atoms. The maximum Gasteiger partial charge on any atom is 0.306 e. The zero-order valence-corrected chi connectivity index (χ0v) is 43.9. The Balaban J connectivity index is 4.44. The normalized spacial score (nSPS) is 12.7. The molecule has 0 bridgehead atoms. The fraction of sp³-hybridized carbons (Fsp3) is 0.721. The highest BCUT2D eigenvalue weighted by Crippen LogP contribution is 2.14. The van der Waals surface area contributed by atoms with Crippen molar-refractivity contribution in [1.82, 2.24) is 0 Å². The van der Waals surface area contributed by atoms with Gasteiger partial charge in [0.2, 0.25) is 0 Å². The summed E-state index contributed by atoms with van der Waals surface area (Å²) in [5.41, 5.74) is 0. The van der Waals surface area contributed by atoms with Crippen LogP contribution in [0.5, 0.6) is 0 Å². The first-order valence-electron chi connectivity index (χ1n) is 28.1. The van der Waals surface area contributed by atoms with E-state index in [1.165, 1.54) is 128 Å². The molecular weight excluding hydrogens is 829 g/mol. The van der Waals surface area contributed by atoms with Crippen LogP contribution in [-0.2, 0) is 28.6 Å². The van der Waals surface area contributed by atoms with E-state index < -0.39 is 6.10 Å². The molecule has 0 saturated carbocycles. The zero-order chi connectivity index (χ0) is 48.6. The predicted octanol–water partition coefficient (Wildman–Crippen LogP) is 18.8. The second kappa shape index (κ2) is 55.2. The number of ether oxygens (including phenoxy) is 3. The van der Waals surface area contributed by atoms with E-state index in [0.29, 0.717) is 19.3 Å². The van der Waals surface area contributed by atoms with Gasteiger partial charge in [0.1, 0.15) is 13.2 Å². The van der Waals surface area contributed by atoms with Crippen LogP contribution in [0.25, 0.3) is 0 Å². The van der Waals surface area contributed by atoms with Crippen LogP contribution in [0.1, 0.15) is 265 Å². The molecule has 0 radical (unpaired) electrons. The summed E-state index contributed by atoms with van der Waals surface area (Å²) in [5, 5.41) is 0. The first kappa shape index (κ1) is 63.6. The van der Waals surface area contributed by atoms with Crippen LogP contribution in [0.4, 0.5) is 0 Å². The number of carbonyl (C=O) groups excluding carboxylic acids is 3. The predicted molar refractivity (Wildman–Crippen MR) is 288 cm³/mol. The highest BCUT2D eigenvalue weighted by atomic mass is 16.6. The molecule has 384 valence electrons. The molecule has 1 unspecified atom stereocenters. The van der Waals surface area contributed by atoms with Gasteiger partial charge in [0.05, 0.1) is 0 Å². The maximum atomic E-state index is 12.8. The quantitative estimate of drug-likeness (QED) is 0.0262. The Bertz CT molecular complexity index is 1300. The van der Waals surface area contributed by atoms with E-state index in [1.807, 2.05) is 0 Å². The monoisotopic (exact) mass is 933 g/mol. The molecule has 0 amide bonds. The Morgan fingerprint density at radius 3 is 0.985 bits per heavy atom. The summed E-state index contributed by atoms with van der Waals surface area (Å²) in [5.74, 6) is -0.949. The van der Waals surface area contributed by atoms with E-state index in [1.54, 1.807) is 0 Å². The van der Waals surface area contributed by atoms with Crippen molar-refractivity contribution in [3.63, 3.8) is 0 Å². The molecular formula is C61H104O6. The standard InChI is InChI=1S/C61H104O6/c1-4-7-10-13-16-19-22-25-28-29-30-31-34-36-39-42-45-48-51-54-60(63)66-57-58(67-61(64)55-52-49-46-43-40-37-33-27-24-21-18-15-12-9-6-3)56-65-59(62)53-50-47-44-41-38-35-32-26-23-20-17-14-11-8-5-2/h9,12,16,18-19,21,25-28,32-33,40,43,58H,4-8,10-11,13-15,17,20,22-24,29-31,34-39,41-42,44-57H2,1-3H3/b12-9-,19-16-,21-18-,28-25-,32-26-,33-27-,43-40-. The number of rotatable bonds is 50. The highest BCUT2D eigenvalue weighted by Gasteiger charge is 2.19. The minimum atomic E-state index is -0.804. The van der Waals surface area contributed by atoms with E-state index in [4.69, 9.17) is 14.2 Å². The molecule has 0 heterocycles. The summed E-state index contributed by atoms with van der Waals surface area (Å²) >= 11 is 0. The third-order valence-corrected chi connectivity index (χ3v) is 11.9. The molecule has 0 rings (SSSR count). The number of hydrogen-bond donors (Lipinski definition) is 0. The van der Waals surface area contributed by atoms with Crippen molar-refractivity contribution in [2.24, 2.45) is 0 Å². The van der Waals surface area contributed by atoms with Crippen LogP contribution in [0.15, 0.2) is 85.1 Å². The van der Waals surface area contributed by atoms with Gasteiger partial charge in [0.25, 0.3) is 0 Å². The summed E-state index contributed by atoms with van der Waals surface area (Å²) in [6.07, 6.45) is 71.4. The van der Waals surface area contributed by atoms with E-state index in [-0.39, 0.29) is 37.5 Å². The number of carbonyl (C=O) groups is 3. The summed E-state index contributed by atoms with van der Waals surface area (Å²) in [6.45, 7) is 6.46. The Morgan fingerprint density at radius 2 is 0.582 bits per heavy atom. The molecule has 0 aromatic carbocycles. The van der Waals surface area contributed by atoms with Gasteiger partial charge in [-0.25, -0.2) is 0 Å². The van der Waals surface area contributed by atoms with E-state index >= 15 is 0 Å². The summed E-state index contributed by atoms with van der Waals surface area (Å²) in [7, 11) is 0. The van der Waals surface area contributed by atoms with Crippen molar-refractivity contribution in [1.29, 1.82) is 0 Å². The van der Waals surface area contributed by atoms with Crippen molar-refractivity contribution >= 4 is 17.9 Å². The topological polar surface area (TPSA) is 78.9 Å². The third kappa shape index (κ3) is 53.4. The van der Waals surface area contributed by atoms with Gasteiger partial charge in [-0.05, 0) is 116 Å². The fourth-order valence-corrected chi connectivity index (χ4v) is 7.63. The molecule has 6 heteroatoms. The molecule has 6 nitrogen and oxygen atoms in total. The van der Waals surface area contributed by atoms with Gasteiger partial charge >= 0.3 is 17.9 Å². The van der Waals surface area contributed by atoms with Gasteiger partial charge in [-0.1, -0.05) is 215 Å². The first-order chi connectivity index (χ1) is 33.0. The average molecular weight is 933 g/mol. The minimum absolute atomic E-state index is 0.0980. The SMILES string of the molecule is CC/C=C\C/C=C\C/C=C\C/C=C\CCCCC(=O)OC(COC(=O)CCCCCCC/C=C\CCCCCCCC)COC(=O)CCCCCCCCCCC/C=C\C/C=C\CCCCC. The number of hydrogen-bond acceptors (Lipinski definition) is 6. The Morgan fingerprint density at radius 1 is 0.313 bits per heavy atom. The molecule has 0 N–H and O–H groups in total. The van der Waals surface area contributed by atoms with Gasteiger partial charge in [-0.15, -0.1) is 0 Å². The Labute approximate surface area is 414 Å². The largest absolute Gasteiger partial charge is 0.462 e. The van der Waals surface area contributed by atoms with Gasteiger partial charge < -0.3 is 14.2 Å². The molecule has 0 fully saturated rings. The van der Waals surface area contributed by atoms with Crippen molar-refractivity contribution in [2.45, 2.75) is 271 Å². The summed E-state index contributed by atoms with van der Waals surface area (Å²) in [6, 6.07) is 0. The molecule has 0 aliphatic rings. The van der Waals surface area contributed by atoms with Crippen molar-refractivity contribution in [3.05, 3.63) is 85.1 Å². The molecule has 0 aromatic heterocycles. The zero-order valence-electron chi connectivity index (χ0n) is 43.9. The fourth-order valence-electron chi connectivity index (χ4n) is 7.63. The maximum absolute atomic E-state index is 12.8. The van der Waals surface area contributed by atoms with Crippen molar-refractivity contribution in [2.75, 3.05) is 13.2 Å². The lowest BCUT2D eigenvalue weighted by Gasteiger charge is -2.18. The molecule has 0 spiro atoms. The molecule has 0 aromatic rings. The highest BCUT2D eigenvalue weighted by molar-refractivity contribution is 5.71. The van der Waals surface area contributed by atoms with Gasteiger partial charge in [0, 0.05) is 19.3 Å². The van der Waals surface area contributed by atoms with Crippen molar-refractivity contribution in [3.8, 4) is 0 Å². The van der Waals surface area contributed by atoms with Crippen LogP contribution in [0.2, 0.25) is 0 Å². The lowest BCUT2D eigenvalue weighted by Crippen LogP contribution is -2.30. The molecule has 0 saturated heterocycles. The van der Waals surface area contributed by atoms with Crippen LogP contribution in [0, 0.1) is 0 Å². The van der Waals surface area contributed by atoms with Crippen LogP contribution >= 0.6 is 0 Å². The third-order valence-electron chi connectivity index (χ3n) is 11.9. The van der Waals surface area contributed by atoms with E-state index in [9.17, 15) is 14.4 Å². The molecule has 0 aliphatic carbocycles. The molecule has 1 atom stereocenters. The van der Waals surface area contributed by atoms with Gasteiger partial charge in [0.15, 0.2) is 6.10 Å². The summed E-state index contributed by atoms with van der Waals surface area (Å²) in [4.78, 5) is 38.1. The van der Waals surface area contributed by atoms with Crippen LogP contribution in [0.3, 0.4) is 0 Å². The Kier molecular flexibility index (Phi) is 52.4. The van der Waals surface area contributed by atoms with E-state index in [0.717, 1.165) is 89.9 Å². The lowest BCUT2D eigenvalue weighted by molar-refractivity contribution is -0.167. The van der Waals surface area contributed by atoms with Crippen LogP contribution in [-0.4, -0.2) is 37.2 Å². The number of esters is 3. The second-order valence-corrected chi connectivity index (χ2v) is 18.5. The minimum Gasteiger partial charge on any atom is -0.462 e. The van der Waals surface area contributed by atoms with Gasteiger partial charge in [-0.2, -0.15) is 0 Å². The lowest BCUT2D eigenvalue weighted by atomic mass is 10.1. The number of unbranched alkanes of at least 4 members (excludes halogenated alkanes) is 25. The van der Waals surface area contributed by atoms with Crippen LogP contribution < -0.4 is 0 Å². The van der Waals surface area contributed by atoms with Gasteiger partial charge in [-0.3, -0.25) is 14.4 Å². The summed E-state index contributed by atoms with van der Waals surface area (Å²) < 4.78 is 16.8. The smallest absolute Gasteiger partial charge is 0.306 e. The molecule has 0 aliphatic heterocycles. The first-order valence-corrected chi connectivity index (χ1v) is 28.1. The second-order valence-electron chi connectivity index (χ2n) is 18.5. The van der Waals surface area contributed by atoms with E-state index in [2.05, 4.69) is 106 Å². The van der Waals surface area contributed by atoms with Crippen molar-refractivity contribution < 1.29 is 28.6 Å². The number of allylic oxidation sites excluding steroid dienone is 14. The Hall–Kier alpha value is -3.41.